The molecule has 0 bridgehead atoms. The minimum Gasteiger partial charge on any atom is -0.337 e. The SMILES string of the molecule is CC(C)n1ncc2c(C(=O)N3CC[C@H](N)C3)cc(C3CC3)nc21. The monoisotopic (exact) mass is 313 g/mol. The van der Waals surface area contributed by atoms with Crippen molar-refractivity contribution in [1.29, 1.82) is 0 Å². The van der Waals surface area contributed by atoms with E-state index in [4.69, 9.17) is 10.7 Å². The first-order valence-corrected chi connectivity index (χ1v) is 8.47. The number of rotatable bonds is 3. The summed E-state index contributed by atoms with van der Waals surface area (Å²) >= 11 is 0. The van der Waals surface area contributed by atoms with E-state index in [1.807, 2.05) is 15.6 Å². The molecule has 23 heavy (non-hydrogen) atoms. The van der Waals surface area contributed by atoms with Crippen LogP contribution in [0.15, 0.2) is 12.3 Å². The molecule has 2 aromatic rings. The Bertz CT molecular complexity index is 762. The van der Waals surface area contributed by atoms with Gasteiger partial charge in [0.15, 0.2) is 5.65 Å². The van der Waals surface area contributed by atoms with Crippen LogP contribution >= 0.6 is 0 Å². The van der Waals surface area contributed by atoms with Gasteiger partial charge in [-0.05, 0) is 39.2 Å². The first kappa shape index (κ1) is 14.6. The summed E-state index contributed by atoms with van der Waals surface area (Å²) in [7, 11) is 0. The van der Waals surface area contributed by atoms with Crippen molar-refractivity contribution in [2.45, 2.75) is 51.1 Å². The highest BCUT2D eigenvalue weighted by Crippen LogP contribution is 2.40. The van der Waals surface area contributed by atoms with Crippen LogP contribution in [0.5, 0.6) is 0 Å². The maximum Gasteiger partial charge on any atom is 0.254 e. The second-order valence-electron chi connectivity index (χ2n) is 7.09. The molecule has 2 aromatic heterocycles. The first-order chi connectivity index (χ1) is 11.0. The van der Waals surface area contributed by atoms with Crippen molar-refractivity contribution in [3.63, 3.8) is 0 Å². The summed E-state index contributed by atoms with van der Waals surface area (Å²) in [5.41, 5.74) is 8.56. The van der Waals surface area contributed by atoms with Gasteiger partial charge in [-0.1, -0.05) is 0 Å². The molecule has 1 atom stereocenters. The van der Waals surface area contributed by atoms with E-state index < -0.39 is 0 Å². The molecule has 2 N–H and O–H groups in total. The van der Waals surface area contributed by atoms with Crippen LogP contribution in [0.1, 0.15) is 61.1 Å². The Balaban J connectivity index is 1.82. The first-order valence-electron chi connectivity index (χ1n) is 8.47. The predicted molar refractivity (Wildman–Crippen MR) is 88.4 cm³/mol. The number of fused-ring (bicyclic) bond motifs is 1. The molecule has 1 saturated heterocycles. The van der Waals surface area contributed by atoms with Gasteiger partial charge in [0.2, 0.25) is 0 Å². The van der Waals surface area contributed by atoms with Gasteiger partial charge < -0.3 is 10.6 Å². The van der Waals surface area contributed by atoms with E-state index in [9.17, 15) is 4.79 Å². The van der Waals surface area contributed by atoms with Crippen LogP contribution in [0.3, 0.4) is 0 Å². The molecule has 0 aromatic carbocycles. The average Bonchev–Trinajstić information content (AvgIpc) is 3.14. The normalized spacial score (nSPS) is 21.6. The molecule has 2 fully saturated rings. The van der Waals surface area contributed by atoms with Crippen LogP contribution in [0.2, 0.25) is 0 Å². The van der Waals surface area contributed by atoms with Gasteiger partial charge >= 0.3 is 0 Å². The summed E-state index contributed by atoms with van der Waals surface area (Å²) in [6.07, 6.45) is 4.98. The Morgan fingerprint density at radius 3 is 2.74 bits per heavy atom. The van der Waals surface area contributed by atoms with Crippen molar-refractivity contribution >= 4 is 16.9 Å². The third-order valence-corrected chi connectivity index (χ3v) is 4.81. The van der Waals surface area contributed by atoms with Crippen molar-refractivity contribution in [1.82, 2.24) is 19.7 Å². The molecule has 1 aliphatic heterocycles. The summed E-state index contributed by atoms with van der Waals surface area (Å²) in [5.74, 6) is 0.567. The number of nitrogens with zero attached hydrogens (tertiary/aromatic N) is 4. The smallest absolute Gasteiger partial charge is 0.254 e. The lowest BCUT2D eigenvalue weighted by Gasteiger charge is -2.17. The second-order valence-corrected chi connectivity index (χ2v) is 7.09. The number of pyridine rings is 1. The molecule has 3 heterocycles. The minimum atomic E-state index is 0.0653. The second kappa shape index (κ2) is 5.30. The summed E-state index contributed by atoms with van der Waals surface area (Å²) in [6, 6.07) is 2.30. The highest BCUT2D eigenvalue weighted by atomic mass is 16.2. The largest absolute Gasteiger partial charge is 0.337 e. The Labute approximate surface area is 135 Å². The molecular formula is C17H23N5O. The molecule has 6 nitrogen and oxygen atoms in total. The summed E-state index contributed by atoms with van der Waals surface area (Å²) in [6.45, 7) is 5.54. The molecular weight excluding hydrogens is 290 g/mol. The van der Waals surface area contributed by atoms with Crippen molar-refractivity contribution in [2.24, 2.45) is 5.73 Å². The zero-order valence-electron chi connectivity index (χ0n) is 13.7. The highest BCUT2D eigenvalue weighted by molar-refractivity contribution is 6.05. The van der Waals surface area contributed by atoms with Gasteiger partial charge in [0.25, 0.3) is 5.91 Å². The molecule has 1 aliphatic carbocycles. The van der Waals surface area contributed by atoms with Crippen molar-refractivity contribution in [3.8, 4) is 0 Å². The standard InChI is InChI=1S/C17H23N5O/c1-10(2)22-16-14(8-19-22)13(7-15(20-16)11-3-4-11)17(23)21-6-5-12(18)9-21/h7-8,10-12H,3-6,9,18H2,1-2H3/t12-/m0/s1. The van der Waals surface area contributed by atoms with Crippen LogP contribution in [0.4, 0.5) is 0 Å². The molecule has 2 aliphatic rings. The zero-order valence-corrected chi connectivity index (χ0v) is 13.7. The van der Waals surface area contributed by atoms with Crippen LogP contribution in [0.25, 0.3) is 11.0 Å². The van der Waals surface area contributed by atoms with E-state index >= 15 is 0 Å². The van der Waals surface area contributed by atoms with E-state index in [0.717, 1.165) is 48.1 Å². The topological polar surface area (TPSA) is 77.0 Å². The molecule has 6 heteroatoms. The molecule has 0 spiro atoms. The zero-order chi connectivity index (χ0) is 16.1. The molecule has 0 radical (unpaired) electrons. The molecule has 1 saturated carbocycles. The van der Waals surface area contributed by atoms with E-state index in [2.05, 4.69) is 18.9 Å². The van der Waals surface area contributed by atoms with E-state index in [-0.39, 0.29) is 18.0 Å². The van der Waals surface area contributed by atoms with Crippen LogP contribution in [-0.4, -0.2) is 44.7 Å². The quantitative estimate of drug-likeness (QED) is 0.941. The number of hydrogen-bond donors (Lipinski definition) is 1. The number of hydrogen-bond acceptors (Lipinski definition) is 4. The number of aromatic nitrogens is 3. The summed E-state index contributed by atoms with van der Waals surface area (Å²) in [4.78, 5) is 19.7. The molecule has 0 unspecified atom stereocenters. The molecule has 4 rings (SSSR count). The maximum atomic E-state index is 13.0. The minimum absolute atomic E-state index is 0.0653. The number of likely N-dealkylation sites (tertiary alicyclic amines) is 1. The maximum absolute atomic E-state index is 13.0. The Hall–Kier alpha value is -1.95. The Morgan fingerprint density at radius 2 is 2.13 bits per heavy atom. The van der Waals surface area contributed by atoms with E-state index in [1.165, 1.54) is 0 Å². The number of nitrogens with two attached hydrogens (primary N) is 1. The van der Waals surface area contributed by atoms with Crippen LogP contribution < -0.4 is 5.73 Å². The highest BCUT2D eigenvalue weighted by Gasteiger charge is 2.31. The Morgan fingerprint density at radius 1 is 1.35 bits per heavy atom. The number of amides is 1. The Kier molecular flexibility index (Phi) is 3.37. The van der Waals surface area contributed by atoms with Gasteiger partial charge in [0, 0.05) is 36.8 Å². The molecule has 1 amide bonds. The van der Waals surface area contributed by atoms with Gasteiger partial charge in [-0.2, -0.15) is 5.10 Å². The summed E-state index contributed by atoms with van der Waals surface area (Å²) < 4.78 is 1.91. The van der Waals surface area contributed by atoms with Gasteiger partial charge in [0.05, 0.1) is 17.1 Å². The predicted octanol–water partition coefficient (Wildman–Crippen LogP) is 2.06. The van der Waals surface area contributed by atoms with Crippen molar-refractivity contribution in [2.75, 3.05) is 13.1 Å². The van der Waals surface area contributed by atoms with Gasteiger partial charge in [0.1, 0.15) is 0 Å². The fraction of sp³-hybridized carbons (Fsp3) is 0.588. The fourth-order valence-electron chi connectivity index (χ4n) is 3.32. The average molecular weight is 313 g/mol. The fourth-order valence-corrected chi connectivity index (χ4v) is 3.32. The third kappa shape index (κ3) is 2.51. The lowest BCUT2D eigenvalue weighted by atomic mass is 10.1. The van der Waals surface area contributed by atoms with Crippen LogP contribution in [-0.2, 0) is 0 Å². The number of carbonyl (C=O) groups is 1. The third-order valence-electron chi connectivity index (χ3n) is 4.81. The van der Waals surface area contributed by atoms with E-state index in [0.29, 0.717) is 12.5 Å². The van der Waals surface area contributed by atoms with Gasteiger partial charge in [-0.3, -0.25) is 4.79 Å². The summed E-state index contributed by atoms with van der Waals surface area (Å²) in [5, 5.41) is 5.31. The van der Waals surface area contributed by atoms with Crippen LogP contribution in [0, 0.1) is 0 Å². The van der Waals surface area contributed by atoms with Gasteiger partial charge in [-0.25, -0.2) is 9.67 Å². The van der Waals surface area contributed by atoms with Crippen molar-refractivity contribution in [3.05, 3.63) is 23.5 Å². The lowest BCUT2D eigenvalue weighted by molar-refractivity contribution is 0.0792. The van der Waals surface area contributed by atoms with Crippen molar-refractivity contribution < 1.29 is 4.79 Å². The van der Waals surface area contributed by atoms with Gasteiger partial charge in [-0.15, -0.1) is 0 Å². The number of carbonyl (C=O) groups excluding carboxylic acids is 1. The lowest BCUT2D eigenvalue weighted by Crippen LogP contribution is -2.32. The van der Waals surface area contributed by atoms with E-state index in [1.54, 1.807) is 6.20 Å². The molecule has 122 valence electrons.